The number of rotatable bonds is 16. The molecule has 3 rings (SSSR count). The highest BCUT2D eigenvalue weighted by molar-refractivity contribution is 7.89. The average Bonchev–Trinajstić information content (AvgIpc) is 3.06. The molecule has 0 fully saturated rings. The van der Waals surface area contributed by atoms with Crippen molar-refractivity contribution in [3.8, 4) is 11.5 Å². The molecule has 0 aromatic heterocycles. The lowest BCUT2D eigenvalue weighted by atomic mass is 9.97. The third-order valence-corrected chi connectivity index (χ3v) is 8.67. The number of hydrogen-bond acceptors (Lipinski definition) is 11. The summed E-state index contributed by atoms with van der Waals surface area (Å²) in [5.41, 5.74) is 7.46. The standard InChI is InChI=1S/C36H45N3O10S/c1-8-45-32(40)23-47-30-20-27(24(2)3)15-14-26(30)18-19-39-50(43,44)31-21-28(16-17-29(31)46-22-25-12-10-9-11-13-25)36(37,49-34(42)38-7)48-33(41)35(4,5)6/h9-17,20-21,24,39H,7-8,18-19,22-23,37H2,1-6H3. The first-order valence-corrected chi connectivity index (χ1v) is 17.4. The largest absolute Gasteiger partial charge is 0.487 e. The van der Waals surface area contributed by atoms with Gasteiger partial charge in [-0.1, -0.05) is 56.3 Å². The molecular weight excluding hydrogens is 666 g/mol. The summed E-state index contributed by atoms with van der Waals surface area (Å²) in [6.45, 7) is 13.4. The number of nitrogens with two attached hydrogens (primary N) is 1. The van der Waals surface area contributed by atoms with Crippen LogP contribution in [0.25, 0.3) is 0 Å². The first-order valence-electron chi connectivity index (χ1n) is 15.9. The Morgan fingerprint density at radius 1 is 0.940 bits per heavy atom. The fraction of sp³-hybridized carbons (Fsp3) is 0.389. The van der Waals surface area contributed by atoms with Crippen molar-refractivity contribution in [1.29, 1.82) is 0 Å². The predicted octanol–water partition coefficient (Wildman–Crippen LogP) is 5.35. The molecule has 0 saturated carbocycles. The molecule has 0 saturated heterocycles. The molecule has 1 amide bonds. The first kappa shape index (κ1) is 39.6. The van der Waals surface area contributed by atoms with Crippen LogP contribution in [0.1, 0.15) is 69.7 Å². The van der Waals surface area contributed by atoms with Gasteiger partial charge in [0.25, 0.3) is 0 Å². The van der Waals surface area contributed by atoms with Gasteiger partial charge in [-0.2, -0.15) is 4.99 Å². The Morgan fingerprint density at radius 2 is 1.64 bits per heavy atom. The number of carbonyl (C=O) groups is 3. The molecule has 1 atom stereocenters. The monoisotopic (exact) mass is 711 g/mol. The summed E-state index contributed by atoms with van der Waals surface area (Å²) in [4.78, 5) is 39.9. The second kappa shape index (κ2) is 17.2. The molecule has 0 heterocycles. The highest BCUT2D eigenvalue weighted by atomic mass is 32.2. The number of benzene rings is 3. The number of aliphatic imine (C=N–C) groups is 1. The van der Waals surface area contributed by atoms with Gasteiger partial charge in [-0.05, 0) is 87.7 Å². The van der Waals surface area contributed by atoms with Gasteiger partial charge < -0.3 is 23.7 Å². The van der Waals surface area contributed by atoms with E-state index in [2.05, 4.69) is 16.4 Å². The fourth-order valence-electron chi connectivity index (χ4n) is 4.39. The molecule has 3 N–H and O–H groups in total. The molecule has 14 heteroatoms. The van der Waals surface area contributed by atoms with Crippen molar-refractivity contribution in [2.45, 2.75) is 71.3 Å². The maximum Gasteiger partial charge on any atom is 0.437 e. The van der Waals surface area contributed by atoms with Crippen LogP contribution in [-0.4, -0.2) is 52.9 Å². The van der Waals surface area contributed by atoms with E-state index < -0.39 is 39.4 Å². The highest BCUT2D eigenvalue weighted by Gasteiger charge is 2.41. The van der Waals surface area contributed by atoms with E-state index >= 15 is 0 Å². The van der Waals surface area contributed by atoms with E-state index in [1.807, 2.05) is 62.4 Å². The van der Waals surface area contributed by atoms with E-state index in [0.29, 0.717) is 11.3 Å². The Hall–Kier alpha value is -4.79. The van der Waals surface area contributed by atoms with Crippen LogP contribution in [0.3, 0.4) is 0 Å². The normalized spacial score (nSPS) is 12.8. The van der Waals surface area contributed by atoms with Crippen molar-refractivity contribution in [3.05, 3.63) is 89.0 Å². The zero-order valence-corrected chi connectivity index (χ0v) is 30.0. The van der Waals surface area contributed by atoms with E-state index in [4.69, 9.17) is 29.4 Å². The molecule has 0 bridgehead atoms. The van der Waals surface area contributed by atoms with Crippen LogP contribution in [-0.2, 0) is 52.8 Å². The molecule has 50 heavy (non-hydrogen) atoms. The molecular formula is C36H45N3O10S. The van der Waals surface area contributed by atoms with Gasteiger partial charge in [-0.25, -0.2) is 22.7 Å². The van der Waals surface area contributed by atoms with Gasteiger partial charge in [-0.15, -0.1) is 0 Å². The zero-order chi connectivity index (χ0) is 37.1. The van der Waals surface area contributed by atoms with Crippen LogP contribution in [0, 0.1) is 5.41 Å². The number of hydrogen-bond donors (Lipinski definition) is 2. The summed E-state index contributed by atoms with van der Waals surface area (Å²) < 4.78 is 57.7. The van der Waals surface area contributed by atoms with Crippen LogP contribution in [0.4, 0.5) is 4.79 Å². The van der Waals surface area contributed by atoms with Crippen LogP contribution in [0.15, 0.2) is 76.6 Å². The molecule has 3 aromatic rings. The van der Waals surface area contributed by atoms with Crippen LogP contribution in [0.2, 0.25) is 0 Å². The van der Waals surface area contributed by atoms with Crippen molar-refractivity contribution < 1.29 is 46.5 Å². The molecule has 1 unspecified atom stereocenters. The lowest BCUT2D eigenvalue weighted by Crippen LogP contribution is -2.47. The second-order valence-corrected chi connectivity index (χ2v) is 14.3. The quantitative estimate of drug-likeness (QED) is 0.111. The Balaban J connectivity index is 1.99. The molecule has 0 aliphatic heterocycles. The van der Waals surface area contributed by atoms with Gasteiger partial charge in [-0.3, -0.25) is 10.5 Å². The minimum Gasteiger partial charge on any atom is -0.487 e. The maximum absolute atomic E-state index is 13.9. The molecule has 3 aromatic carbocycles. The molecule has 0 radical (unpaired) electrons. The topological polar surface area (TPSA) is 182 Å². The van der Waals surface area contributed by atoms with Crippen LogP contribution in [0.5, 0.6) is 11.5 Å². The lowest BCUT2D eigenvalue weighted by Gasteiger charge is -2.31. The van der Waals surface area contributed by atoms with Crippen molar-refractivity contribution in [2.24, 2.45) is 16.1 Å². The number of sulfonamides is 1. The van der Waals surface area contributed by atoms with Gasteiger partial charge in [0.2, 0.25) is 10.0 Å². The number of ether oxygens (including phenoxy) is 5. The lowest BCUT2D eigenvalue weighted by molar-refractivity contribution is -0.218. The number of amides is 1. The molecule has 0 spiro atoms. The first-order chi connectivity index (χ1) is 23.5. The van der Waals surface area contributed by atoms with E-state index in [9.17, 15) is 22.8 Å². The Kier molecular flexibility index (Phi) is 13.7. The van der Waals surface area contributed by atoms with E-state index in [-0.39, 0.29) is 54.9 Å². The van der Waals surface area contributed by atoms with Crippen molar-refractivity contribution in [3.63, 3.8) is 0 Å². The Bertz CT molecular complexity index is 1770. The molecule has 270 valence electrons. The number of nitrogens with one attached hydrogen (secondary N) is 1. The van der Waals surface area contributed by atoms with Crippen molar-refractivity contribution in [2.75, 3.05) is 19.8 Å². The predicted molar refractivity (Wildman–Crippen MR) is 186 cm³/mol. The van der Waals surface area contributed by atoms with Gasteiger partial charge in [0.15, 0.2) is 6.61 Å². The number of esters is 2. The van der Waals surface area contributed by atoms with Crippen molar-refractivity contribution >= 4 is 34.8 Å². The van der Waals surface area contributed by atoms with Gasteiger partial charge in [0.05, 0.1) is 17.6 Å². The van der Waals surface area contributed by atoms with Gasteiger partial charge >= 0.3 is 23.9 Å². The molecule has 0 aliphatic rings. The minimum atomic E-state index is -4.37. The smallest absolute Gasteiger partial charge is 0.437 e. The maximum atomic E-state index is 13.9. The Labute approximate surface area is 293 Å². The van der Waals surface area contributed by atoms with E-state index in [1.165, 1.54) is 12.1 Å². The van der Waals surface area contributed by atoms with Crippen LogP contribution >= 0.6 is 0 Å². The second-order valence-electron chi connectivity index (χ2n) is 12.5. The molecule has 0 aliphatic carbocycles. The minimum absolute atomic E-state index is 0.0220. The highest BCUT2D eigenvalue weighted by Crippen LogP contribution is 2.33. The number of nitrogens with zero attached hydrogens (tertiary/aromatic N) is 1. The summed E-state index contributed by atoms with van der Waals surface area (Å²) in [5.74, 6) is -3.41. The summed E-state index contributed by atoms with van der Waals surface area (Å²) in [6, 6.07) is 18.3. The third kappa shape index (κ3) is 11.1. The van der Waals surface area contributed by atoms with E-state index in [1.54, 1.807) is 27.7 Å². The van der Waals surface area contributed by atoms with Gasteiger partial charge in [0.1, 0.15) is 23.0 Å². The summed E-state index contributed by atoms with van der Waals surface area (Å²) in [5, 5.41) is 0. The number of carbonyl (C=O) groups excluding carboxylic acids is 3. The SMILES string of the molecule is C=NC(=O)OC(N)(OC(=O)C(C)(C)C)c1ccc(OCc2ccccc2)c(S(=O)(=O)NCCc2ccc(C(C)C)cc2OCC(=O)OCC)c1. The third-order valence-electron chi connectivity index (χ3n) is 7.19. The molecule has 13 nitrogen and oxygen atoms in total. The summed E-state index contributed by atoms with van der Waals surface area (Å²) >= 11 is 0. The van der Waals surface area contributed by atoms with Crippen molar-refractivity contribution in [1.82, 2.24) is 4.72 Å². The fourth-order valence-corrected chi connectivity index (χ4v) is 5.59. The van der Waals surface area contributed by atoms with E-state index in [0.717, 1.165) is 17.2 Å². The average molecular weight is 712 g/mol. The summed E-state index contributed by atoms with van der Waals surface area (Å²) in [6.07, 6.45) is -1.08. The van der Waals surface area contributed by atoms with Gasteiger partial charge in [0, 0.05) is 6.54 Å². The Morgan fingerprint density at radius 3 is 2.26 bits per heavy atom. The summed E-state index contributed by atoms with van der Waals surface area (Å²) in [7, 11) is -4.37. The van der Waals surface area contributed by atoms with Crippen LogP contribution < -0.4 is 19.9 Å². The zero-order valence-electron chi connectivity index (χ0n) is 29.2.